The number of likely N-dealkylation sites (tertiary alicyclic amines) is 1. The van der Waals surface area contributed by atoms with Gasteiger partial charge in [0.1, 0.15) is 12.0 Å². The number of hydrogen-bond acceptors (Lipinski definition) is 4. The van der Waals surface area contributed by atoms with Crippen molar-refractivity contribution in [2.24, 2.45) is 5.41 Å². The molecule has 2 N–H and O–H groups in total. The third kappa shape index (κ3) is 2.15. The lowest BCUT2D eigenvalue weighted by Crippen LogP contribution is -2.70. The molecule has 0 aromatic heterocycles. The van der Waals surface area contributed by atoms with Gasteiger partial charge >= 0.3 is 0 Å². The summed E-state index contributed by atoms with van der Waals surface area (Å²) >= 11 is 0. The number of nitrogens with one attached hydrogen (secondary N) is 1. The first kappa shape index (κ1) is 15.4. The van der Waals surface area contributed by atoms with Gasteiger partial charge in [-0.05, 0) is 57.2 Å². The fourth-order valence-corrected chi connectivity index (χ4v) is 4.66. The Morgan fingerprint density at radius 1 is 1.30 bits per heavy atom. The topological polar surface area (TPSA) is 38.7 Å². The normalized spacial score (nSPS) is 32.8. The standard InChI is InChI=1S/C19H29N3O/c1-5-14-9-13(2)10-15-16(14)20-17(21(4)18(15,3)23)22-11-19(12-22)7-6-8-19/h9-10,17,20,23H,5-8,11-12H2,1-4H3. The molecule has 1 saturated carbocycles. The highest BCUT2D eigenvalue weighted by Crippen LogP contribution is 2.50. The lowest BCUT2D eigenvalue weighted by molar-refractivity contribution is -0.181. The molecule has 0 bridgehead atoms. The van der Waals surface area contributed by atoms with Gasteiger partial charge in [-0.3, -0.25) is 4.90 Å². The van der Waals surface area contributed by atoms with E-state index in [9.17, 15) is 5.11 Å². The monoisotopic (exact) mass is 315 g/mol. The molecule has 1 aromatic rings. The molecule has 2 fully saturated rings. The molecule has 2 atom stereocenters. The van der Waals surface area contributed by atoms with Crippen LogP contribution < -0.4 is 5.32 Å². The number of aryl methyl sites for hydroxylation is 2. The molecule has 126 valence electrons. The second-order valence-corrected chi connectivity index (χ2v) is 8.11. The van der Waals surface area contributed by atoms with E-state index in [1.165, 1.54) is 30.4 Å². The Balaban J connectivity index is 1.68. The van der Waals surface area contributed by atoms with E-state index in [1.807, 2.05) is 14.0 Å². The maximum absolute atomic E-state index is 11.2. The van der Waals surface area contributed by atoms with Gasteiger partial charge in [0.25, 0.3) is 0 Å². The predicted octanol–water partition coefficient (Wildman–Crippen LogP) is 2.85. The van der Waals surface area contributed by atoms with Gasteiger partial charge < -0.3 is 10.4 Å². The molecule has 3 aliphatic rings. The first-order valence-electron chi connectivity index (χ1n) is 8.96. The Labute approximate surface area is 139 Å². The van der Waals surface area contributed by atoms with Gasteiger partial charge in [0, 0.05) is 24.3 Å². The SMILES string of the molecule is CCc1cc(C)cc2c1NC(N1CC3(CCC3)C1)N(C)C2(C)O. The Morgan fingerprint density at radius 3 is 2.57 bits per heavy atom. The summed E-state index contributed by atoms with van der Waals surface area (Å²) < 4.78 is 0. The Hall–Kier alpha value is -1.10. The van der Waals surface area contributed by atoms with Crippen molar-refractivity contribution in [3.05, 3.63) is 28.8 Å². The molecule has 0 radical (unpaired) electrons. The summed E-state index contributed by atoms with van der Waals surface area (Å²) in [5, 5.41) is 15.0. The zero-order valence-electron chi connectivity index (χ0n) is 14.8. The van der Waals surface area contributed by atoms with Gasteiger partial charge in [-0.15, -0.1) is 0 Å². The summed E-state index contributed by atoms with van der Waals surface area (Å²) in [5.74, 6) is 0. The summed E-state index contributed by atoms with van der Waals surface area (Å²) in [5.41, 5.74) is 4.32. The molecule has 23 heavy (non-hydrogen) atoms. The second-order valence-electron chi connectivity index (χ2n) is 8.11. The highest BCUT2D eigenvalue weighted by Gasteiger charge is 2.52. The minimum absolute atomic E-state index is 0.0803. The summed E-state index contributed by atoms with van der Waals surface area (Å²) in [4.78, 5) is 4.57. The van der Waals surface area contributed by atoms with Crippen LogP contribution in [0, 0.1) is 12.3 Å². The third-order valence-electron chi connectivity index (χ3n) is 6.42. The Bertz CT molecular complexity index is 628. The molecular weight excluding hydrogens is 286 g/mol. The molecule has 1 aromatic carbocycles. The van der Waals surface area contributed by atoms with Crippen molar-refractivity contribution < 1.29 is 5.11 Å². The minimum Gasteiger partial charge on any atom is -0.371 e. The van der Waals surface area contributed by atoms with Crippen LogP contribution in [0.2, 0.25) is 0 Å². The molecule has 0 amide bonds. The van der Waals surface area contributed by atoms with Gasteiger partial charge in [-0.25, -0.2) is 4.90 Å². The van der Waals surface area contributed by atoms with Crippen LogP contribution in [0.3, 0.4) is 0 Å². The number of anilines is 1. The van der Waals surface area contributed by atoms with E-state index in [0.29, 0.717) is 5.41 Å². The van der Waals surface area contributed by atoms with Crippen LogP contribution in [0.15, 0.2) is 12.1 Å². The zero-order valence-corrected chi connectivity index (χ0v) is 14.8. The predicted molar refractivity (Wildman–Crippen MR) is 93.2 cm³/mol. The van der Waals surface area contributed by atoms with Crippen molar-refractivity contribution in [3.8, 4) is 0 Å². The number of aliphatic hydroxyl groups is 1. The molecular formula is C19H29N3O. The van der Waals surface area contributed by atoms with Crippen LogP contribution in [0.5, 0.6) is 0 Å². The lowest BCUT2D eigenvalue weighted by Gasteiger charge is -2.61. The number of fused-ring (bicyclic) bond motifs is 1. The number of nitrogens with zero attached hydrogens (tertiary/aromatic N) is 2. The third-order valence-corrected chi connectivity index (χ3v) is 6.42. The van der Waals surface area contributed by atoms with E-state index >= 15 is 0 Å². The van der Waals surface area contributed by atoms with Crippen LogP contribution in [0.4, 0.5) is 5.69 Å². The quantitative estimate of drug-likeness (QED) is 0.880. The summed E-state index contributed by atoms with van der Waals surface area (Å²) in [6, 6.07) is 4.37. The first-order valence-corrected chi connectivity index (χ1v) is 8.96. The molecule has 1 saturated heterocycles. The summed E-state index contributed by atoms with van der Waals surface area (Å²) in [6.07, 6.45) is 5.21. The van der Waals surface area contributed by atoms with Crippen molar-refractivity contribution in [1.29, 1.82) is 0 Å². The molecule has 4 heteroatoms. The molecule has 1 spiro atoms. The van der Waals surface area contributed by atoms with Gasteiger partial charge in [-0.1, -0.05) is 25.0 Å². The maximum atomic E-state index is 11.2. The highest BCUT2D eigenvalue weighted by molar-refractivity contribution is 5.63. The molecule has 1 aliphatic carbocycles. The second kappa shape index (κ2) is 4.95. The smallest absolute Gasteiger partial charge is 0.146 e. The van der Waals surface area contributed by atoms with Crippen LogP contribution in [-0.4, -0.2) is 41.3 Å². The number of hydrogen-bond donors (Lipinski definition) is 2. The first-order chi connectivity index (χ1) is 10.9. The zero-order chi connectivity index (χ0) is 16.4. The number of rotatable bonds is 2. The van der Waals surface area contributed by atoms with Crippen molar-refractivity contribution in [2.75, 3.05) is 25.5 Å². The highest BCUT2D eigenvalue weighted by atomic mass is 16.3. The van der Waals surface area contributed by atoms with E-state index in [0.717, 1.165) is 30.8 Å². The lowest BCUT2D eigenvalue weighted by atomic mass is 9.63. The fraction of sp³-hybridized carbons (Fsp3) is 0.684. The molecule has 2 heterocycles. The van der Waals surface area contributed by atoms with Crippen molar-refractivity contribution in [2.45, 2.75) is 58.5 Å². The van der Waals surface area contributed by atoms with Gasteiger partial charge in [0.05, 0.1) is 0 Å². The average Bonchev–Trinajstić information content (AvgIpc) is 2.41. The van der Waals surface area contributed by atoms with Gasteiger partial charge in [0.15, 0.2) is 0 Å². The van der Waals surface area contributed by atoms with Crippen LogP contribution >= 0.6 is 0 Å². The molecule has 4 nitrogen and oxygen atoms in total. The van der Waals surface area contributed by atoms with E-state index in [4.69, 9.17) is 0 Å². The maximum Gasteiger partial charge on any atom is 0.146 e. The van der Waals surface area contributed by atoms with Crippen molar-refractivity contribution in [1.82, 2.24) is 9.80 Å². The minimum atomic E-state index is -0.941. The van der Waals surface area contributed by atoms with Crippen LogP contribution in [-0.2, 0) is 12.1 Å². The van der Waals surface area contributed by atoms with E-state index < -0.39 is 5.72 Å². The van der Waals surface area contributed by atoms with Crippen LogP contribution in [0.1, 0.15) is 49.8 Å². The van der Waals surface area contributed by atoms with E-state index in [-0.39, 0.29) is 6.29 Å². The Kier molecular flexibility index (Phi) is 3.32. The van der Waals surface area contributed by atoms with Crippen molar-refractivity contribution >= 4 is 5.69 Å². The Morgan fingerprint density at radius 2 is 2.00 bits per heavy atom. The molecule has 2 unspecified atom stereocenters. The molecule has 4 rings (SSSR count). The largest absolute Gasteiger partial charge is 0.371 e. The molecule has 2 aliphatic heterocycles. The number of benzene rings is 1. The summed E-state index contributed by atoms with van der Waals surface area (Å²) in [6.45, 7) is 8.54. The fourth-order valence-electron chi connectivity index (χ4n) is 4.66. The summed E-state index contributed by atoms with van der Waals surface area (Å²) in [7, 11) is 2.03. The van der Waals surface area contributed by atoms with E-state index in [1.54, 1.807) is 0 Å². The van der Waals surface area contributed by atoms with Crippen molar-refractivity contribution in [3.63, 3.8) is 0 Å². The van der Waals surface area contributed by atoms with Gasteiger partial charge in [0.2, 0.25) is 0 Å². The van der Waals surface area contributed by atoms with E-state index in [2.05, 4.69) is 41.1 Å². The average molecular weight is 315 g/mol. The van der Waals surface area contributed by atoms with Crippen LogP contribution in [0.25, 0.3) is 0 Å². The van der Waals surface area contributed by atoms with Gasteiger partial charge in [-0.2, -0.15) is 0 Å².